The molecule has 4 nitrogen and oxygen atoms in total. The summed E-state index contributed by atoms with van der Waals surface area (Å²) < 4.78 is 15.4. The molecule has 4 aliphatic rings. The summed E-state index contributed by atoms with van der Waals surface area (Å²) in [5, 5.41) is 2.59. The summed E-state index contributed by atoms with van der Waals surface area (Å²) in [4.78, 5) is 36.4. The van der Waals surface area contributed by atoms with Crippen molar-refractivity contribution in [1.29, 1.82) is 0 Å². The summed E-state index contributed by atoms with van der Waals surface area (Å²) in [7, 11) is 0. The maximum atomic E-state index is 15.4. The SMILES string of the molecule is CC(=O)NC1=C2[C@H](F)C[C@@H]3[C@H](CC[C@]4(C)C(=O)CC[C@@H]34)[C@@]2(C)C=CC1=O. The second-order valence-electron chi connectivity index (χ2n) is 8.95. The number of nitrogens with one attached hydrogen (secondary N) is 1. The molecule has 0 aromatic rings. The van der Waals surface area contributed by atoms with Gasteiger partial charge in [-0.15, -0.1) is 0 Å². The van der Waals surface area contributed by atoms with Crippen LogP contribution in [0.4, 0.5) is 4.39 Å². The number of amides is 1. The molecule has 0 aromatic heterocycles. The van der Waals surface area contributed by atoms with Gasteiger partial charge < -0.3 is 5.32 Å². The van der Waals surface area contributed by atoms with Gasteiger partial charge in [-0.05, 0) is 49.5 Å². The van der Waals surface area contributed by atoms with Crippen LogP contribution < -0.4 is 5.32 Å². The summed E-state index contributed by atoms with van der Waals surface area (Å²) >= 11 is 0. The molecule has 26 heavy (non-hydrogen) atoms. The standard InChI is InChI=1S/C21H26FNO3/c1-11(24)23-19-16(25)7-9-21(3)14-6-8-20(2)13(4-5-17(20)26)12(14)10-15(22)18(19)21/h7,9,12-15H,4-6,8,10H2,1-3H3,(H,23,24)/t12-,13-,14-,15+,20-,21+/m0/s1. The van der Waals surface area contributed by atoms with Gasteiger partial charge in [0.15, 0.2) is 0 Å². The smallest absolute Gasteiger partial charge is 0.221 e. The van der Waals surface area contributed by atoms with Crippen molar-refractivity contribution in [3.8, 4) is 0 Å². The number of Topliss-reactive ketones (excluding diaryl/α,β-unsaturated/α-hetero) is 1. The fourth-order valence-electron chi connectivity index (χ4n) is 6.43. The van der Waals surface area contributed by atoms with Crippen LogP contribution in [0.25, 0.3) is 0 Å². The number of fused-ring (bicyclic) bond motifs is 5. The number of hydrogen-bond acceptors (Lipinski definition) is 3. The van der Waals surface area contributed by atoms with Crippen molar-refractivity contribution in [2.45, 2.75) is 59.0 Å². The van der Waals surface area contributed by atoms with Crippen LogP contribution in [-0.2, 0) is 14.4 Å². The molecule has 4 aliphatic carbocycles. The quantitative estimate of drug-likeness (QED) is 0.781. The van der Waals surface area contributed by atoms with Crippen molar-refractivity contribution in [1.82, 2.24) is 5.32 Å². The highest BCUT2D eigenvalue weighted by Crippen LogP contribution is 2.64. The molecule has 0 aliphatic heterocycles. The van der Waals surface area contributed by atoms with E-state index in [9.17, 15) is 14.4 Å². The average Bonchev–Trinajstić information content (AvgIpc) is 2.86. The molecule has 4 rings (SSSR count). The first-order valence-electron chi connectivity index (χ1n) is 9.61. The molecule has 3 saturated carbocycles. The first kappa shape index (κ1) is 17.6. The second-order valence-corrected chi connectivity index (χ2v) is 8.95. The van der Waals surface area contributed by atoms with Gasteiger partial charge in [-0.25, -0.2) is 4.39 Å². The summed E-state index contributed by atoms with van der Waals surface area (Å²) in [6, 6.07) is 0. The van der Waals surface area contributed by atoms with Crippen molar-refractivity contribution in [3.63, 3.8) is 0 Å². The van der Waals surface area contributed by atoms with Gasteiger partial charge >= 0.3 is 0 Å². The lowest BCUT2D eigenvalue weighted by Crippen LogP contribution is -2.53. The zero-order valence-corrected chi connectivity index (χ0v) is 15.6. The Hall–Kier alpha value is -1.78. The van der Waals surface area contributed by atoms with E-state index >= 15 is 4.39 Å². The highest BCUT2D eigenvalue weighted by Gasteiger charge is 2.61. The van der Waals surface area contributed by atoms with Crippen molar-refractivity contribution >= 4 is 17.5 Å². The predicted molar refractivity (Wildman–Crippen MR) is 94.7 cm³/mol. The molecule has 6 atom stereocenters. The van der Waals surface area contributed by atoms with E-state index in [4.69, 9.17) is 0 Å². The van der Waals surface area contributed by atoms with E-state index in [0.717, 1.165) is 19.3 Å². The minimum atomic E-state index is -1.27. The Labute approximate surface area is 153 Å². The number of rotatable bonds is 1. The number of hydrogen-bond donors (Lipinski definition) is 1. The molecular weight excluding hydrogens is 333 g/mol. The van der Waals surface area contributed by atoms with Gasteiger partial charge in [0.1, 0.15) is 12.0 Å². The second kappa shape index (κ2) is 5.61. The van der Waals surface area contributed by atoms with Crippen LogP contribution in [0.1, 0.15) is 52.9 Å². The molecule has 1 amide bonds. The normalized spacial score (nSPS) is 44.5. The highest BCUT2D eigenvalue weighted by atomic mass is 19.1. The Kier molecular flexibility index (Phi) is 3.80. The van der Waals surface area contributed by atoms with E-state index < -0.39 is 11.6 Å². The van der Waals surface area contributed by atoms with Crippen molar-refractivity contribution in [2.24, 2.45) is 28.6 Å². The van der Waals surface area contributed by atoms with E-state index in [-0.39, 0.29) is 40.6 Å². The van der Waals surface area contributed by atoms with Crippen LogP contribution in [0.15, 0.2) is 23.4 Å². The van der Waals surface area contributed by atoms with Gasteiger partial charge in [-0.2, -0.15) is 0 Å². The maximum absolute atomic E-state index is 15.4. The molecule has 0 aromatic carbocycles. The van der Waals surface area contributed by atoms with Crippen molar-refractivity contribution < 1.29 is 18.8 Å². The Morgan fingerprint density at radius 3 is 2.65 bits per heavy atom. The Balaban J connectivity index is 1.79. The Bertz CT molecular complexity index is 769. The molecular formula is C21H26FNO3. The molecule has 0 heterocycles. The minimum Gasteiger partial charge on any atom is -0.323 e. The number of allylic oxidation sites excluding steroid dienone is 3. The molecule has 140 valence electrons. The summed E-state index contributed by atoms with van der Waals surface area (Å²) in [6.45, 7) is 5.40. The first-order valence-corrected chi connectivity index (χ1v) is 9.61. The molecule has 0 radical (unpaired) electrons. The van der Waals surface area contributed by atoms with Gasteiger partial charge in [0, 0.05) is 29.7 Å². The molecule has 0 spiro atoms. The van der Waals surface area contributed by atoms with Crippen LogP contribution in [-0.4, -0.2) is 23.6 Å². The highest BCUT2D eigenvalue weighted by molar-refractivity contribution is 6.08. The summed E-state index contributed by atoms with van der Waals surface area (Å²) in [5.74, 6) is 0.203. The van der Waals surface area contributed by atoms with Crippen LogP contribution in [0.3, 0.4) is 0 Å². The lowest BCUT2D eigenvalue weighted by Gasteiger charge is -2.56. The van der Waals surface area contributed by atoms with Gasteiger partial charge in [0.05, 0.1) is 5.70 Å². The van der Waals surface area contributed by atoms with Crippen molar-refractivity contribution in [2.75, 3.05) is 0 Å². The van der Waals surface area contributed by atoms with Crippen LogP contribution >= 0.6 is 0 Å². The van der Waals surface area contributed by atoms with Crippen LogP contribution in [0, 0.1) is 28.6 Å². The zero-order valence-electron chi connectivity index (χ0n) is 15.6. The van der Waals surface area contributed by atoms with Gasteiger partial charge in [-0.1, -0.05) is 19.9 Å². The van der Waals surface area contributed by atoms with Crippen LogP contribution in [0.5, 0.6) is 0 Å². The third-order valence-electron chi connectivity index (χ3n) is 7.69. The first-order chi connectivity index (χ1) is 12.2. The zero-order chi connectivity index (χ0) is 18.9. The molecule has 0 unspecified atom stereocenters. The third-order valence-corrected chi connectivity index (χ3v) is 7.69. The van der Waals surface area contributed by atoms with Crippen LogP contribution in [0.2, 0.25) is 0 Å². The molecule has 5 heteroatoms. The van der Waals surface area contributed by atoms with Crippen molar-refractivity contribution in [3.05, 3.63) is 23.4 Å². The van der Waals surface area contributed by atoms with E-state index in [2.05, 4.69) is 12.2 Å². The number of alkyl halides is 1. The Morgan fingerprint density at radius 1 is 1.23 bits per heavy atom. The number of halogens is 1. The van der Waals surface area contributed by atoms with Gasteiger partial charge in [0.25, 0.3) is 0 Å². The van der Waals surface area contributed by atoms with E-state index in [1.165, 1.54) is 13.0 Å². The number of carbonyl (C=O) groups excluding carboxylic acids is 3. The average molecular weight is 359 g/mol. The van der Waals surface area contributed by atoms with Gasteiger partial charge in [0.2, 0.25) is 11.7 Å². The summed E-state index contributed by atoms with van der Waals surface area (Å²) in [5.41, 5.74) is -0.327. The maximum Gasteiger partial charge on any atom is 0.221 e. The fraction of sp³-hybridized carbons (Fsp3) is 0.667. The lowest BCUT2D eigenvalue weighted by atomic mass is 9.48. The third kappa shape index (κ3) is 2.21. The van der Waals surface area contributed by atoms with E-state index in [0.29, 0.717) is 24.2 Å². The predicted octanol–water partition coefficient (Wildman–Crippen LogP) is 3.28. The molecule has 0 saturated heterocycles. The van der Waals surface area contributed by atoms with E-state index in [1.54, 1.807) is 0 Å². The largest absolute Gasteiger partial charge is 0.323 e. The monoisotopic (exact) mass is 359 g/mol. The molecule has 0 bridgehead atoms. The Morgan fingerprint density at radius 2 is 1.96 bits per heavy atom. The topological polar surface area (TPSA) is 63.2 Å². The van der Waals surface area contributed by atoms with E-state index in [1.807, 2.05) is 13.0 Å². The number of ketones is 2. The number of carbonyl (C=O) groups is 3. The molecule has 1 N–H and O–H groups in total. The molecule has 3 fully saturated rings. The lowest BCUT2D eigenvalue weighted by molar-refractivity contribution is -0.132. The van der Waals surface area contributed by atoms with Gasteiger partial charge in [-0.3, -0.25) is 14.4 Å². The summed E-state index contributed by atoms with van der Waals surface area (Å²) in [6.07, 6.45) is 5.53. The minimum absolute atomic E-state index is 0.129. The fourth-order valence-corrected chi connectivity index (χ4v) is 6.43.